The second-order valence-corrected chi connectivity index (χ2v) is 6.54. The summed E-state index contributed by atoms with van der Waals surface area (Å²) in [5.41, 5.74) is 7.49. The predicted molar refractivity (Wildman–Crippen MR) is 90.1 cm³/mol. The molecular formula is C16H25BrN2O2. The number of amides is 1. The third kappa shape index (κ3) is 6.16. The Labute approximate surface area is 135 Å². The van der Waals surface area contributed by atoms with Crippen LogP contribution in [-0.4, -0.2) is 19.6 Å². The van der Waals surface area contributed by atoms with E-state index in [-0.39, 0.29) is 11.8 Å². The van der Waals surface area contributed by atoms with E-state index in [1.54, 1.807) is 7.11 Å². The maximum atomic E-state index is 12.2. The molecule has 1 atom stereocenters. The molecule has 1 aromatic rings. The number of carbonyl (C=O) groups is 1. The SMILES string of the molecule is COCc1c(Br)cccc1NC(=O)C[C@@H](CN)CC(C)C. The average Bonchev–Trinajstić information content (AvgIpc) is 2.41. The summed E-state index contributed by atoms with van der Waals surface area (Å²) in [6.45, 7) is 5.27. The number of nitrogens with one attached hydrogen (secondary N) is 1. The van der Waals surface area contributed by atoms with E-state index < -0.39 is 0 Å². The van der Waals surface area contributed by atoms with Gasteiger partial charge in [0.15, 0.2) is 0 Å². The fourth-order valence-electron chi connectivity index (χ4n) is 2.36. The number of carbonyl (C=O) groups excluding carboxylic acids is 1. The molecule has 0 aliphatic heterocycles. The van der Waals surface area contributed by atoms with Crippen LogP contribution in [-0.2, 0) is 16.1 Å². The molecule has 0 saturated heterocycles. The van der Waals surface area contributed by atoms with Crippen LogP contribution in [0.2, 0.25) is 0 Å². The van der Waals surface area contributed by atoms with Gasteiger partial charge in [-0.2, -0.15) is 0 Å². The molecule has 0 saturated carbocycles. The van der Waals surface area contributed by atoms with Crippen molar-refractivity contribution in [1.29, 1.82) is 0 Å². The lowest BCUT2D eigenvalue weighted by Crippen LogP contribution is -2.24. The molecule has 0 aromatic heterocycles. The summed E-state index contributed by atoms with van der Waals surface area (Å²) >= 11 is 3.48. The van der Waals surface area contributed by atoms with Crippen molar-refractivity contribution < 1.29 is 9.53 Å². The Morgan fingerprint density at radius 2 is 2.14 bits per heavy atom. The van der Waals surface area contributed by atoms with E-state index >= 15 is 0 Å². The van der Waals surface area contributed by atoms with Crippen molar-refractivity contribution in [2.45, 2.75) is 33.3 Å². The van der Waals surface area contributed by atoms with Crippen LogP contribution in [0.4, 0.5) is 5.69 Å². The van der Waals surface area contributed by atoms with Gasteiger partial charge in [-0.15, -0.1) is 0 Å². The average molecular weight is 357 g/mol. The highest BCUT2D eigenvalue weighted by atomic mass is 79.9. The molecule has 0 bridgehead atoms. The van der Waals surface area contributed by atoms with Gasteiger partial charge in [-0.05, 0) is 36.9 Å². The number of methoxy groups -OCH3 is 1. The number of nitrogens with two attached hydrogens (primary N) is 1. The van der Waals surface area contributed by atoms with Crippen molar-refractivity contribution >= 4 is 27.5 Å². The number of hydrogen-bond acceptors (Lipinski definition) is 3. The molecule has 118 valence electrons. The summed E-state index contributed by atoms with van der Waals surface area (Å²) in [6.07, 6.45) is 1.42. The maximum absolute atomic E-state index is 12.2. The van der Waals surface area contributed by atoms with Crippen LogP contribution >= 0.6 is 15.9 Å². The fraction of sp³-hybridized carbons (Fsp3) is 0.562. The number of halogens is 1. The molecule has 3 N–H and O–H groups in total. The predicted octanol–water partition coefficient (Wildman–Crippen LogP) is 3.55. The van der Waals surface area contributed by atoms with Crippen LogP contribution in [0.3, 0.4) is 0 Å². The Morgan fingerprint density at radius 1 is 1.43 bits per heavy atom. The monoisotopic (exact) mass is 356 g/mol. The summed E-state index contributed by atoms with van der Waals surface area (Å²) in [4.78, 5) is 12.2. The van der Waals surface area contributed by atoms with Crippen molar-refractivity contribution in [2.75, 3.05) is 19.0 Å². The molecule has 0 heterocycles. The van der Waals surface area contributed by atoms with Crippen LogP contribution in [0, 0.1) is 11.8 Å². The summed E-state index contributed by atoms with van der Waals surface area (Å²) in [5, 5.41) is 2.97. The molecular weight excluding hydrogens is 332 g/mol. The standard InChI is InChI=1S/C16H25BrN2O2/c1-11(2)7-12(9-18)8-16(20)19-15-6-4-5-14(17)13(15)10-21-3/h4-6,11-12H,7-10,18H2,1-3H3,(H,19,20)/t12-/m0/s1. The number of ether oxygens (including phenoxy) is 1. The highest BCUT2D eigenvalue weighted by Gasteiger charge is 2.16. The molecule has 4 nitrogen and oxygen atoms in total. The quantitative estimate of drug-likeness (QED) is 0.748. The van der Waals surface area contributed by atoms with Crippen molar-refractivity contribution in [2.24, 2.45) is 17.6 Å². The van der Waals surface area contributed by atoms with Crippen LogP contribution in [0.1, 0.15) is 32.3 Å². The second-order valence-electron chi connectivity index (χ2n) is 5.68. The fourth-order valence-corrected chi connectivity index (χ4v) is 2.84. The minimum Gasteiger partial charge on any atom is -0.380 e. The number of benzene rings is 1. The first-order valence-corrected chi connectivity index (χ1v) is 8.03. The van der Waals surface area contributed by atoms with Gasteiger partial charge in [-0.1, -0.05) is 35.8 Å². The second kappa shape index (κ2) is 9.18. The van der Waals surface area contributed by atoms with Gasteiger partial charge in [0.05, 0.1) is 6.61 Å². The lowest BCUT2D eigenvalue weighted by molar-refractivity contribution is -0.117. The molecule has 0 spiro atoms. The first-order chi connectivity index (χ1) is 9.97. The van der Waals surface area contributed by atoms with Gasteiger partial charge in [0.2, 0.25) is 5.91 Å². The molecule has 1 rings (SSSR count). The highest BCUT2D eigenvalue weighted by Crippen LogP contribution is 2.26. The Morgan fingerprint density at radius 3 is 2.71 bits per heavy atom. The molecule has 1 amide bonds. The third-order valence-corrected chi connectivity index (χ3v) is 4.04. The minimum absolute atomic E-state index is 0.00144. The van der Waals surface area contributed by atoms with E-state index in [4.69, 9.17) is 10.5 Å². The number of anilines is 1. The van der Waals surface area contributed by atoms with E-state index in [0.717, 1.165) is 22.1 Å². The molecule has 21 heavy (non-hydrogen) atoms. The van der Waals surface area contributed by atoms with Crippen LogP contribution in [0.25, 0.3) is 0 Å². The van der Waals surface area contributed by atoms with Crippen LogP contribution in [0.15, 0.2) is 22.7 Å². The topological polar surface area (TPSA) is 64.3 Å². The zero-order valence-corrected chi connectivity index (χ0v) is 14.6. The summed E-state index contributed by atoms with van der Waals surface area (Å²) in [7, 11) is 1.64. The Hall–Kier alpha value is -0.910. The van der Waals surface area contributed by atoms with Gasteiger partial charge in [-0.3, -0.25) is 4.79 Å². The summed E-state index contributed by atoms with van der Waals surface area (Å²) in [6, 6.07) is 5.72. The third-order valence-electron chi connectivity index (χ3n) is 3.29. The maximum Gasteiger partial charge on any atom is 0.224 e. The minimum atomic E-state index is 0.00144. The van der Waals surface area contributed by atoms with Gasteiger partial charge in [-0.25, -0.2) is 0 Å². The smallest absolute Gasteiger partial charge is 0.224 e. The highest BCUT2D eigenvalue weighted by molar-refractivity contribution is 9.10. The zero-order valence-electron chi connectivity index (χ0n) is 13.0. The van der Waals surface area contributed by atoms with Crippen molar-refractivity contribution in [3.63, 3.8) is 0 Å². The van der Waals surface area contributed by atoms with Crippen LogP contribution < -0.4 is 11.1 Å². The summed E-state index contributed by atoms with van der Waals surface area (Å²) in [5.74, 6) is 0.769. The number of rotatable bonds is 8. The van der Waals surface area contributed by atoms with Gasteiger partial charge in [0.1, 0.15) is 0 Å². The van der Waals surface area contributed by atoms with Crippen molar-refractivity contribution in [3.8, 4) is 0 Å². The molecule has 0 unspecified atom stereocenters. The zero-order chi connectivity index (χ0) is 15.8. The van der Waals surface area contributed by atoms with Gasteiger partial charge < -0.3 is 15.8 Å². The van der Waals surface area contributed by atoms with Gasteiger partial charge in [0, 0.05) is 29.3 Å². The van der Waals surface area contributed by atoms with Gasteiger partial charge >= 0.3 is 0 Å². The molecule has 5 heteroatoms. The number of hydrogen-bond donors (Lipinski definition) is 2. The molecule has 1 aromatic carbocycles. The van der Waals surface area contributed by atoms with E-state index in [2.05, 4.69) is 35.1 Å². The van der Waals surface area contributed by atoms with E-state index in [1.807, 2.05) is 18.2 Å². The molecule has 0 fully saturated rings. The van der Waals surface area contributed by atoms with E-state index in [9.17, 15) is 4.79 Å². The van der Waals surface area contributed by atoms with Crippen molar-refractivity contribution in [1.82, 2.24) is 0 Å². The van der Waals surface area contributed by atoms with E-state index in [0.29, 0.717) is 25.5 Å². The Kier molecular flexibility index (Phi) is 7.93. The van der Waals surface area contributed by atoms with Gasteiger partial charge in [0.25, 0.3) is 0 Å². The van der Waals surface area contributed by atoms with Crippen molar-refractivity contribution in [3.05, 3.63) is 28.2 Å². The van der Waals surface area contributed by atoms with E-state index in [1.165, 1.54) is 0 Å². The lowest BCUT2D eigenvalue weighted by atomic mass is 9.94. The Balaban J connectivity index is 2.72. The molecule has 0 aliphatic rings. The van der Waals surface area contributed by atoms with Crippen LogP contribution in [0.5, 0.6) is 0 Å². The normalized spacial score (nSPS) is 12.5. The Bertz CT molecular complexity index is 464. The molecule has 0 radical (unpaired) electrons. The first-order valence-electron chi connectivity index (χ1n) is 7.24. The first kappa shape index (κ1) is 18.1. The molecule has 0 aliphatic carbocycles. The summed E-state index contributed by atoms with van der Waals surface area (Å²) < 4.78 is 6.11. The lowest BCUT2D eigenvalue weighted by Gasteiger charge is -2.18. The largest absolute Gasteiger partial charge is 0.380 e.